The molecule has 0 radical (unpaired) electrons. The highest BCUT2D eigenvalue weighted by Crippen LogP contribution is 2.20. The predicted molar refractivity (Wildman–Crippen MR) is 54.7 cm³/mol. The van der Waals surface area contributed by atoms with Crippen molar-refractivity contribution in [2.75, 3.05) is 13.1 Å². The number of nitrogens with zero attached hydrogens (tertiary/aromatic N) is 1. The molecular formula is C10H20N2O2. The number of hydrogen-bond donors (Lipinski definition) is 2. The quantitative estimate of drug-likeness (QED) is 0.679. The van der Waals surface area contributed by atoms with Gasteiger partial charge in [-0.15, -0.1) is 0 Å². The summed E-state index contributed by atoms with van der Waals surface area (Å²) in [5, 5.41) is 9.67. The molecule has 0 spiro atoms. The second kappa shape index (κ2) is 4.28. The first-order valence-corrected chi connectivity index (χ1v) is 5.16. The molecule has 0 aromatic rings. The van der Waals surface area contributed by atoms with Crippen LogP contribution in [0.4, 0.5) is 0 Å². The summed E-state index contributed by atoms with van der Waals surface area (Å²) in [5.74, 6) is 0.111. The van der Waals surface area contributed by atoms with Gasteiger partial charge in [0.15, 0.2) is 0 Å². The molecule has 0 aromatic heterocycles. The van der Waals surface area contributed by atoms with Crippen molar-refractivity contribution in [3.05, 3.63) is 0 Å². The van der Waals surface area contributed by atoms with E-state index in [-0.39, 0.29) is 11.9 Å². The predicted octanol–water partition coefficient (Wildman–Crippen LogP) is 0.0971. The highest BCUT2D eigenvalue weighted by molar-refractivity contribution is 5.76. The Morgan fingerprint density at radius 1 is 1.71 bits per heavy atom. The van der Waals surface area contributed by atoms with Crippen molar-refractivity contribution < 1.29 is 9.90 Å². The van der Waals surface area contributed by atoms with E-state index >= 15 is 0 Å². The fourth-order valence-electron chi connectivity index (χ4n) is 1.67. The van der Waals surface area contributed by atoms with E-state index in [1.165, 1.54) is 0 Å². The van der Waals surface area contributed by atoms with Gasteiger partial charge in [-0.25, -0.2) is 0 Å². The van der Waals surface area contributed by atoms with Gasteiger partial charge >= 0.3 is 0 Å². The van der Waals surface area contributed by atoms with E-state index < -0.39 is 5.60 Å². The molecule has 0 aromatic carbocycles. The zero-order valence-electron chi connectivity index (χ0n) is 8.99. The highest BCUT2D eigenvalue weighted by Gasteiger charge is 2.33. The Bertz CT molecular complexity index is 214. The number of β-amino-alcohol motifs (C(OH)–C–C–N with tert-alkyl or cyclic N) is 1. The number of hydrogen-bond acceptors (Lipinski definition) is 3. The van der Waals surface area contributed by atoms with Crippen LogP contribution in [0.1, 0.15) is 33.1 Å². The largest absolute Gasteiger partial charge is 0.388 e. The van der Waals surface area contributed by atoms with Crippen LogP contribution in [-0.4, -0.2) is 40.6 Å². The minimum absolute atomic E-state index is 0.0714. The van der Waals surface area contributed by atoms with E-state index in [2.05, 4.69) is 0 Å². The van der Waals surface area contributed by atoms with Crippen molar-refractivity contribution in [3.8, 4) is 0 Å². The van der Waals surface area contributed by atoms with E-state index in [1.54, 1.807) is 11.8 Å². The summed E-state index contributed by atoms with van der Waals surface area (Å²) in [6.45, 7) is 4.80. The molecule has 1 fully saturated rings. The summed E-state index contributed by atoms with van der Waals surface area (Å²) in [5.41, 5.74) is 4.88. The van der Waals surface area contributed by atoms with Gasteiger partial charge in [0.05, 0.1) is 5.60 Å². The van der Waals surface area contributed by atoms with Gasteiger partial charge in [-0.3, -0.25) is 4.79 Å². The third-order valence-corrected chi connectivity index (χ3v) is 2.62. The van der Waals surface area contributed by atoms with Crippen LogP contribution in [0.5, 0.6) is 0 Å². The molecule has 4 heteroatoms. The molecule has 1 amide bonds. The molecule has 0 bridgehead atoms. The Balaban J connectivity index is 2.33. The highest BCUT2D eigenvalue weighted by atomic mass is 16.3. The lowest BCUT2D eigenvalue weighted by molar-refractivity contribution is -0.131. The molecule has 0 saturated carbocycles. The minimum Gasteiger partial charge on any atom is -0.388 e. The van der Waals surface area contributed by atoms with Crippen LogP contribution in [0.15, 0.2) is 0 Å². The van der Waals surface area contributed by atoms with Crippen molar-refractivity contribution in [2.45, 2.75) is 44.8 Å². The number of rotatable bonds is 3. The van der Waals surface area contributed by atoms with E-state index in [4.69, 9.17) is 5.73 Å². The Hall–Kier alpha value is -0.610. The van der Waals surface area contributed by atoms with Gasteiger partial charge in [0, 0.05) is 25.6 Å². The van der Waals surface area contributed by atoms with Crippen LogP contribution in [0.3, 0.4) is 0 Å². The van der Waals surface area contributed by atoms with Crippen LogP contribution >= 0.6 is 0 Å². The first-order valence-electron chi connectivity index (χ1n) is 5.16. The maximum absolute atomic E-state index is 11.6. The van der Waals surface area contributed by atoms with Crippen molar-refractivity contribution in [2.24, 2.45) is 5.73 Å². The van der Waals surface area contributed by atoms with Gasteiger partial charge in [0.25, 0.3) is 0 Å². The van der Waals surface area contributed by atoms with Crippen LogP contribution < -0.4 is 5.73 Å². The molecule has 2 unspecified atom stereocenters. The van der Waals surface area contributed by atoms with Gasteiger partial charge in [-0.1, -0.05) is 0 Å². The fraction of sp³-hybridized carbons (Fsp3) is 0.900. The SMILES string of the molecule is CC(N)CCC(=O)N1CCC(C)(O)C1. The molecule has 1 saturated heterocycles. The molecule has 1 aliphatic rings. The molecule has 14 heavy (non-hydrogen) atoms. The number of amides is 1. The first kappa shape index (κ1) is 11.5. The van der Waals surface area contributed by atoms with Crippen molar-refractivity contribution in [1.29, 1.82) is 0 Å². The Kier molecular flexibility index (Phi) is 3.50. The molecule has 0 aliphatic carbocycles. The van der Waals surface area contributed by atoms with Gasteiger partial charge < -0.3 is 15.7 Å². The smallest absolute Gasteiger partial charge is 0.222 e. The standard InChI is InChI=1S/C10H20N2O2/c1-8(11)3-4-9(13)12-6-5-10(2,14)7-12/h8,14H,3-7,11H2,1-2H3. The first-order chi connectivity index (χ1) is 6.41. The molecule has 4 nitrogen and oxygen atoms in total. The lowest BCUT2D eigenvalue weighted by Crippen LogP contribution is -2.34. The van der Waals surface area contributed by atoms with Crippen LogP contribution in [0, 0.1) is 0 Å². The topological polar surface area (TPSA) is 66.6 Å². The lowest BCUT2D eigenvalue weighted by atomic mass is 10.1. The maximum atomic E-state index is 11.6. The fourth-order valence-corrected chi connectivity index (χ4v) is 1.67. The Labute approximate surface area is 85.1 Å². The average Bonchev–Trinajstić information content (AvgIpc) is 2.41. The summed E-state index contributed by atoms with van der Waals surface area (Å²) in [7, 11) is 0. The number of nitrogens with two attached hydrogens (primary N) is 1. The van der Waals surface area contributed by atoms with Gasteiger partial charge in [0.1, 0.15) is 0 Å². The minimum atomic E-state index is -0.690. The zero-order chi connectivity index (χ0) is 10.8. The molecule has 82 valence electrons. The number of carbonyl (C=O) groups is 1. The van der Waals surface area contributed by atoms with Crippen molar-refractivity contribution >= 4 is 5.91 Å². The van der Waals surface area contributed by atoms with Crippen LogP contribution in [0.25, 0.3) is 0 Å². The van der Waals surface area contributed by atoms with Crippen molar-refractivity contribution in [1.82, 2.24) is 4.90 Å². The second-order valence-corrected chi connectivity index (χ2v) is 4.58. The van der Waals surface area contributed by atoms with Gasteiger partial charge in [-0.2, -0.15) is 0 Å². The molecular weight excluding hydrogens is 180 g/mol. The van der Waals surface area contributed by atoms with Crippen LogP contribution in [-0.2, 0) is 4.79 Å². The molecule has 2 atom stereocenters. The van der Waals surface area contributed by atoms with Gasteiger partial charge in [-0.05, 0) is 26.7 Å². The monoisotopic (exact) mass is 200 g/mol. The number of carbonyl (C=O) groups excluding carboxylic acids is 1. The van der Waals surface area contributed by atoms with Crippen LogP contribution in [0.2, 0.25) is 0 Å². The maximum Gasteiger partial charge on any atom is 0.222 e. The Morgan fingerprint density at radius 3 is 2.79 bits per heavy atom. The van der Waals surface area contributed by atoms with E-state index in [0.717, 1.165) is 6.42 Å². The summed E-state index contributed by atoms with van der Waals surface area (Å²) in [4.78, 5) is 13.3. The van der Waals surface area contributed by atoms with Gasteiger partial charge in [0.2, 0.25) is 5.91 Å². The summed E-state index contributed by atoms with van der Waals surface area (Å²) in [6, 6.07) is 0.0714. The lowest BCUT2D eigenvalue weighted by Gasteiger charge is -2.19. The third-order valence-electron chi connectivity index (χ3n) is 2.62. The summed E-state index contributed by atoms with van der Waals surface area (Å²) >= 11 is 0. The molecule has 1 aliphatic heterocycles. The second-order valence-electron chi connectivity index (χ2n) is 4.58. The summed E-state index contributed by atoms with van der Waals surface area (Å²) < 4.78 is 0. The van der Waals surface area contributed by atoms with E-state index in [1.807, 2.05) is 6.92 Å². The molecule has 3 N–H and O–H groups in total. The Morgan fingerprint density at radius 2 is 2.36 bits per heavy atom. The van der Waals surface area contributed by atoms with E-state index in [9.17, 15) is 9.90 Å². The molecule has 1 rings (SSSR count). The average molecular weight is 200 g/mol. The third kappa shape index (κ3) is 3.27. The molecule has 1 heterocycles. The number of aliphatic hydroxyl groups is 1. The van der Waals surface area contributed by atoms with Crippen molar-refractivity contribution in [3.63, 3.8) is 0 Å². The number of likely N-dealkylation sites (tertiary alicyclic amines) is 1. The normalized spacial score (nSPS) is 29.3. The zero-order valence-corrected chi connectivity index (χ0v) is 8.99. The van der Waals surface area contributed by atoms with E-state index in [0.29, 0.717) is 25.9 Å². The summed E-state index contributed by atoms with van der Waals surface area (Å²) in [6.07, 6.45) is 1.89.